The van der Waals surface area contributed by atoms with E-state index in [9.17, 15) is 35.4 Å². The van der Waals surface area contributed by atoms with E-state index in [2.05, 4.69) is 33.8 Å². The lowest BCUT2D eigenvalue weighted by atomic mass is 9.48. The first-order chi connectivity index (χ1) is 21.2. The molecule has 4 fully saturated rings. The molecule has 6 N–H and O–H groups in total. The summed E-state index contributed by atoms with van der Waals surface area (Å²) < 4.78 is 17.6. The van der Waals surface area contributed by atoms with Gasteiger partial charge >= 0.3 is 5.97 Å². The molecule has 5 aliphatic rings. The van der Waals surface area contributed by atoms with Crippen molar-refractivity contribution in [1.82, 2.24) is 0 Å². The number of ether oxygens (including phenoxy) is 3. The second kappa shape index (κ2) is 13.8. The number of rotatable bonds is 10. The van der Waals surface area contributed by atoms with Gasteiger partial charge in [-0.25, -0.2) is 0 Å². The molecular weight excluding hydrogens is 580 g/mol. The van der Waals surface area contributed by atoms with E-state index in [1.54, 1.807) is 0 Å². The Morgan fingerprint density at radius 1 is 1.00 bits per heavy atom. The fraction of sp³-hybridized carbons (Fsp3) is 0.914. The zero-order valence-electron chi connectivity index (χ0n) is 27.8. The molecule has 5 rings (SSSR count). The summed E-state index contributed by atoms with van der Waals surface area (Å²) in [7, 11) is 0. The maximum Gasteiger partial charge on any atom is 0.302 e. The molecule has 16 atom stereocenters. The molecule has 1 saturated heterocycles. The van der Waals surface area contributed by atoms with Gasteiger partial charge in [0.15, 0.2) is 6.29 Å². The van der Waals surface area contributed by atoms with Gasteiger partial charge in [0.25, 0.3) is 0 Å². The van der Waals surface area contributed by atoms with E-state index < -0.39 is 55.6 Å². The van der Waals surface area contributed by atoms with E-state index in [1.807, 2.05) is 0 Å². The van der Waals surface area contributed by atoms with E-state index in [0.29, 0.717) is 31.3 Å². The number of carbonyl (C=O) groups excluding carboxylic acids is 1. The molecule has 0 amide bonds. The minimum atomic E-state index is -1.54. The highest BCUT2D eigenvalue weighted by molar-refractivity contribution is 5.65. The summed E-state index contributed by atoms with van der Waals surface area (Å²) in [5.74, 6) is 0.806. The third kappa shape index (κ3) is 6.64. The molecule has 10 heteroatoms. The highest BCUT2D eigenvalue weighted by atomic mass is 16.7. The maximum absolute atomic E-state index is 11.9. The van der Waals surface area contributed by atoms with Crippen LogP contribution in [0, 0.1) is 46.3 Å². The number of carbonyl (C=O) groups is 1. The summed E-state index contributed by atoms with van der Waals surface area (Å²) in [5, 5.41) is 64.0. The molecule has 4 unspecified atom stereocenters. The molecule has 0 aromatic rings. The first kappa shape index (κ1) is 35.2. The highest BCUT2D eigenvalue weighted by Crippen LogP contribution is 2.66. The van der Waals surface area contributed by atoms with Crippen molar-refractivity contribution < 1.29 is 49.6 Å². The van der Waals surface area contributed by atoms with Crippen molar-refractivity contribution in [3.05, 3.63) is 11.6 Å². The Morgan fingerprint density at radius 2 is 1.71 bits per heavy atom. The Hall–Kier alpha value is -1.11. The van der Waals surface area contributed by atoms with Crippen LogP contribution in [0.2, 0.25) is 0 Å². The van der Waals surface area contributed by atoms with Crippen LogP contribution in [0.3, 0.4) is 0 Å². The molecule has 0 aromatic carbocycles. The number of aliphatic hydroxyl groups is 6. The number of esters is 1. The summed E-state index contributed by atoms with van der Waals surface area (Å²) in [6.07, 6.45) is 1.60. The summed E-state index contributed by atoms with van der Waals surface area (Å²) in [4.78, 5) is 11.2. The van der Waals surface area contributed by atoms with Crippen LogP contribution < -0.4 is 0 Å². The Balaban J connectivity index is 1.39. The van der Waals surface area contributed by atoms with Gasteiger partial charge in [0.2, 0.25) is 0 Å². The smallest absolute Gasteiger partial charge is 0.302 e. The minimum absolute atomic E-state index is 0.0320. The first-order valence-corrected chi connectivity index (χ1v) is 17.4. The van der Waals surface area contributed by atoms with Crippen LogP contribution >= 0.6 is 0 Å². The summed E-state index contributed by atoms with van der Waals surface area (Å²) in [6.45, 7) is 10.4. The molecule has 0 bridgehead atoms. The molecule has 0 spiro atoms. The summed E-state index contributed by atoms with van der Waals surface area (Å²) in [6, 6.07) is 0. The van der Waals surface area contributed by atoms with Crippen LogP contribution in [0.15, 0.2) is 11.6 Å². The van der Waals surface area contributed by atoms with Crippen molar-refractivity contribution in [2.24, 2.45) is 46.3 Å². The lowest BCUT2D eigenvalue weighted by molar-refractivity contribution is -0.316. The number of hydrogen-bond acceptors (Lipinski definition) is 10. The third-order valence-corrected chi connectivity index (χ3v) is 13.0. The van der Waals surface area contributed by atoms with Crippen LogP contribution in [0.1, 0.15) is 92.4 Å². The van der Waals surface area contributed by atoms with Gasteiger partial charge in [-0.3, -0.25) is 4.79 Å². The van der Waals surface area contributed by atoms with Crippen molar-refractivity contribution in [3.8, 4) is 0 Å². The number of hydrogen-bond donors (Lipinski definition) is 6. The maximum atomic E-state index is 11.9. The van der Waals surface area contributed by atoms with E-state index in [4.69, 9.17) is 14.2 Å². The standard InChI is InChI=1S/C35H58O10/c1-18(17-43-20(3)37)7-6-8-19(2)35(5)15-25(39)28-23(35)9-10-24-29(28)26(14-21-13-22(38)11-12-34(21,24)4)44-33-32(42)31(41)30(40)27(16-36)45-33/h14,18-19,22-33,36,38-42H,6-13,15-17H2,1-5H3/t18-,19-,22?,23+,24?,25-,26+,27-,28?,29?,30+,31+,32-,33-,34+,35-/m1/s1. The number of aliphatic hydroxyl groups excluding tert-OH is 6. The molecule has 1 heterocycles. The van der Waals surface area contributed by atoms with Crippen LogP contribution in [-0.4, -0.2) is 98.8 Å². The SMILES string of the molecule is CC(=O)OC[C@H](C)CCC[C@@H](C)[C@@]1(C)C[C@@H](O)C2C3C(CC[C@@H]21)[C@@]1(C)CCC(O)CC1=C[C@@H]3O[C@@H]1O[C@H](CO)[C@H](O)[C@H](O)[C@H]1O. The second-order valence-corrected chi connectivity index (χ2v) is 15.8. The van der Waals surface area contributed by atoms with Crippen LogP contribution in [0.5, 0.6) is 0 Å². The van der Waals surface area contributed by atoms with Gasteiger partial charge in [0, 0.05) is 6.92 Å². The molecule has 1 aliphatic heterocycles. The summed E-state index contributed by atoms with van der Waals surface area (Å²) >= 11 is 0. The van der Waals surface area contributed by atoms with E-state index in [-0.39, 0.29) is 40.5 Å². The Morgan fingerprint density at radius 3 is 2.40 bits per heavy atom. The van der Waals surface area contributed by atoms with Gasteiger partial charge in [-0.15, -0.1) is 0 Å². The zero-order chi connectivity index (χ0) is 32.8. The topological polar surface area (TPSA) is 166 Å². The average molecular weight is 639 g/mol. The monoisotopic (exact) mass is 638 g/mol. The van der Waals surface area contributed by atoms with Gasteiger partial charge < -0.3 is 44.8 Å². The molecule has 0 radical (unpaired) electrons. The summed E-state index contributed by atoms with van der Waals surface area (Å²) in [5.41, 5.74) is 0.934. The Labute approximate surface area is 268 Å². The van der Waals surface area contributed by atoms with E-state index >= 15 is 0 Å². The first-order valence-electron chi connectivity index (χ1n) is 17.4. The normalized spacial score (nSPS) is 47.6. The largest absolute Gasteiger partial charge is 0.466 e. The third-order valence-electron chi connectivity index (χ3n) is 13.0. The van der Waals surface area contributed by atoms with Gasteiger partial charge in [-0.1, -0.05) is 52.2 Å². The molecular formula is C35H58O10. The van der Waals surface area contributed by atoms with Gasteiger partial charge in [-0.05, 0) is 91.3 Å². The van der Waals surface area contributed by atoms with E-state index in [0.717, 1.165) is 50.5 Å². The molecule has 3 saturated carbocycles. The van der Waals surface area contributed by atoms with E-state index in [1.165, 1.54) is 6.92 Å². The van der Waals surface area contributed by atoms with Crippen LogP contribution in [0.4, 0.5) is 0 Å². The fourth-order valence-corrected chi connectivity index (χ4v) is 10.2. The average Bonchev–Trinajstić information content (AvgIpc) is 3.27. The molecule has 0 aromatic heterocycles. The predicted molar refractivity (Wildman–Crippen MR) is 165 cm³/mol. The molecule has 45 heavy (non-hydrogen) atoms. The molecule has 258 valence electrons. The van der Waals surface area contributed by atoms with Crippen LogP contribution in [0.25, 0.3) is 0 Å². The van der Waals surface area contributed by atoms with Crippen molar-refractivity contribution in [2.75, 3.05) is 13.2 Å². The number of fused-ring (bicyclic) bond motifs is 5. The minimum Gasteiger partial charge on any atom is -0.466 e. The second-order valence-electron chi connectivity index (χ2n) is 15.8. The highest BCUT2D eigenvalue weighted by Gasteiger charge is 2.63. The van der Waals surface area contributed by atoms with Crippen molar-refractivity contribution >= 4 is 5.97 Å². The van der Waals surface area contributed by atoms with Crippen molar-refractivity contribution in [3.63, 3.8) is 0 Å². The lowest BCUT2D eigenvalue weighted by Gasteiger charge is -2.58. The van der Waals surface area contributed by atoms with Crippen molar-refractivity contribution in [2.45, 2.75) is 141 Å². The Bertz CT molecular complexity index is 1070. The van der Waals surface area contributed by atoms with Gasteiger partial charge in [0.1, 0.15) is 24.4 Å². The van der Waals surface area contributed by atoms with Crippen LogP contribution in [-0.2, 0) is 19.0 Å². The van der Waals surface area contributed by atoms with Gasteiger partial charge in [0.05, 0.1) is 31.5 Å². The van der Waals surface area contributed by atoms with Gasteiger partial charge in [-0.2, -0.15) is 0 Å². The Kier molecular flexibility index (Phi) is 10.8. The van der Waals surface area contributed by atoms with Crippen molar-refractivity contribution in [1.29, 1.82) is 0 Å². The quantitative estimate of drug-likeness (QED) is 0.155. The predicted octanol–water partition coefficient (Wildman–Crippen LogP) is 2.70. The fourth-order valence-electron chi connectivity index (χ4n) is 10.2. The lowest BCUT2D eigenvalue weighted by Crippen LogP contribution is -2.61. The molecule has 10 nitrogen and oxygen atoms in total. The zero-order valence-corrected chi connectivity index (χ0v) is 27.8. The molecule has 4 aliphatic carbocycles.